The van der Waals surface area contributed by atoms with Crippen LogP contribution in [0.25, 0.3) is 5.69 Å². The van der Waals surface area contributed by atoms with Crippen molar-refractivity contribution >= 4 is 33.8 Å². The first-order chi connectivity index (χ1) is 17.1. The van der Waals surface area contributed by atoms with E-state index >= 15 is 0 Å². The number of nitrogens with zero attached hydrogens (tertiary/aromatic N) is 1. The number of aromatic nitrogens is 1. The van der Waals surface area contributed by atoms with Crippen LogP contribution < -0.4 is 5.32 Å². The van der Waals surface area contributed by atoms with Gasteiger partial charge in [0.25, 0.3) is 0 Å². The molecule has 1 unspecified atom stereocenters. The Morgan fingerprint density at radius 3 is 2.03 bits per heavy atom. The lowest BCUT2D eigenvalue weighted by Gasteiger charge is -2.25. The highest BCUT2D eigenvalue weighted by Crippen LogP contribution is 2.39. The van der Waals surface area contributed by atoms with Gasteiger partial charge in [0.2, 0.25) is 6.04 Å². The largest absolute Gasteiger partial charge is 0.464 e. The highest BCUT2D eigenvalue weighted by atomic mass is 79.9. The standard InChI is InChI=1S/C27H36BrFN2O6/c1-9-35-23(32)19-18(15-30-21(24(33)36-10-2)25(34)37-27(6,7)8)31(17-13-11-16(29)12-14-17)22(20(19)28)26(3,4)5/h11-14,21,30H,9-10,15H2,1-8H3. The highest BCUT2D eigenvalue weighted by Gasteiger charge is 2.36. The maximum absolute atomic E-state index is 13.8. The van der Waals surface area contributed by atoms with Crippen LogP contribution in [0, 0.1) is 5.82 Å². The summed E-state index contributed by atoms with van der Waals surface area (Å²) in [4.78, 5) is 38.7. The van der Waals surface area contributed by atoms with Crippen molar-refractivity contribution in [1.29, 1.82) is 0 Å². The van der Waals surface area contributed by atoms with Gasteiger partial charge in [-0.15, -0.1) is 0 Å². The molecule has 0 saturated carbocycles. The summed E-state index contributed by atoms with van der Waals surface area (Å²) in [6.45, 7) is 14.4. The first-order valence-electron chi connectivity index (χ1n) is 12.1. The van der Waals surface area contributed by atoms with E-state index in [1.54, 1.807) is 51.3 Å². The Bertz CT molecular complexity index is 1130. The third-order valence-corrected chi connectivity index (χ3v) is 5.89. The first-order valence-corrected chi connectivity index (χ1v) is 12.9. The number of halogens is 2. The van der Waals surface area contributed by atoms with Crippen LogP contribution in [0.3, 0.4) is 0 Å². The normalized spacial score (nSPS) is 12.7. The number of nitrogens with one attached hydrogen (secondary N) is 1. The Labute approximate surface area is 226 Å². The maximum atomic E-state index is 13.8. The SMILES string of the molecule is CCOC(=O)c1c(Br)c(C(C)(C)C)n(-c2ccc(F)cc2)c1CNC(C(=O)OCC)C(=O)OC(C)(C)C. The van der Waals surface area contributed by atoms with Gasteiger partial charge in [-0.3, -0.25) is 5.32 Å². The number of esters is 3. The molecule has 2 rings (SSSR count). The fraction of sp³-hybridized carbons (Fsp3) is 0.519. The zero-order valence-corrected chi connectivity index (χ0v) is 24.2. The van der Waals surface area contributed by atoms with Gasteiger partial charge in [0.05, 0.1) is 28.9 Å². The van der Waals surface area contributed by atoms with Gasteiger partial charge in [-0.25, -0.2) is 18.8 Å². The summed E-state index contributed by atoms with van der Waals surface area (Å²) in [6.07, 6.45) is 0. The van der Waals surface area contributed by atoms with Crippen molar-refractivity contribution in [3.8, 4) is 5.69 Å². The zero-order valence-electron chi connectivity index (χ0n) is 22.7. The molecule has 0 saturated heterocycles. The molecule has 1 aromatic carbocycles. The van der Waals surface area contributed by atoms with Crippen molar-refractivity contribution in [3.63, 3.8) is 0 Å². The molecule has 0 radical (unpaired) electrons. The van der Waals surface area contributed by atoms with E-state index in [9.17, 15) is 18.8 Å². The van der Waals surface area contributed by atoms with Gasteiger partial charge in [-0.2, -0.15) is 0 Å². The van der Waals surface area contributed by atoms with E-state index in [0.29, 0.717) is 15.9 Å². The number of hydrogen-bond donors (Lipinski definition) is 1. The number of carbonyl (C=O) groups is 3. The van der Waals surface area contributed by atoms with Gasteiger partial charge < -0.3 is 18.8 Å². The molecule has 10 heteroatoms. The topological polar surface area (TPSA) is 95.9 Å². The number of rotatable bonds is 9. The van der Waals surface area contributed by atoms with Crippen LogP contribution in [0.5, 0.6) is 0 Å². The molecule has 0 bridgehead atoms. The predicted molar refractivity (Wildman–Crippen MR) is 141 cm³/mol. The van der Waals surface area contributed by atoms with E-state index in [2.05, 4.69) is 21.2 Å². The van der Waals surface area contributed by atoms with Gasteiger partial charge in [0, 0.05) is 23.3 Å². The molecule has 2 aromatic rings. The molecular weight excluding hydrogens is 547 g/mol. The monoisotopic (exact) mass is 582 g/mol. The summed E-state index contributed by atoms with van der Waals surface area (Å²) in [6, 6.07) is 4.37. The number of benzene rings is 1. The fourth-order valence-electron chi connectivity index (χ4n) is 3.76. The van der Waals surface area contributed by atoms with E-state index in [-0.39, 0.29) is 25.3 Å². The van der Waals surface area contributed by atoms with Crippen molar-refractivity contribution < 1.29 is 33.0 Å². The minimum absolute atomic E-state index is 0.0690. The second-order valence-corrected chi connectivity index (χ2v) is 11.2. The van der Waals surface area contributed by atoms with Crippen LogP contribution in [-0.2, 0) is 35.8 Å². The summed E-state index contributed by atoms with van der Waals surface area (Å²) in [5, 5.41) is 2.92. The summed E-state index contributed by atoms with van der Waals surface area (Å²) in [5.74, 6) is -2.60. The van der Waals surface area contributed by atoms with Crippen molar-refractivity contribution in [2.24, 2.45) is 0 Å². The molecule has 0 spiro atoms. The maximum Gasteiger partial charge on any atom is 0.341 e. The lowest BCUT2D eigenvalue weighted by atomic mass is 9.91. The average Bonchev–Trinajstić information content (AvgIpc) is 3.06. The van der Waals surface area contributed by atoms with Gasteiger partial charge in [-0.1, -0.05) is 20.8 Å². The van der Waals surface area contributed by atoms with Gasteiger partial charge in [0.15, 0.2) is 0 Å². The van der Waals surface area contributed by atoms with E-state index in [1.807, 2.05) is 20.8 Å². The van der Waals surface area contributed by atoms with Crippen LogP contribution in [0.4, 0.5) is 4.39 Å². The summed E-state index contributed by atoms with van der Waals surface area (Å²) < 4.78 is 32.0. The quantitative estimate of drug-likeness (QED) is 0.246. The van der Waals surface area contributed by atoms with Crippen molar-refractivity contribution in [2.75, 3.05) is 13.2 Å². The van der Waals surface area contributed by atoms with E-state index in [0.717, 1.165) is 5.69 Å². The summed E-state index contributed by atoms with van der Waals surface area (Å²) in [7, 11) is 0. The molecule has 0 aliphatic rings. The molecule has 1 atom stereocenters. The molecule has 0 amide bonds. The zero-order chi connectivity index (χ0) is 28.1. The number of hydrogen-bond acceptors (Lipinski definition) is 7. The fourth-order valence-corrected chi connectivity index (χ4v) is 4.92. The molecule has 1 heterocycles. The second-order valence-electron chi connectivity index (χ2n) is 10.4. The van der Waals surface area contributed by atoms with Crippen LogP contribution in [0.15, 0.2) is 28.7 Å². The van der Waals surface area contributed by atoms with E-state index in [4.69, 9.17) is 14.2 Å². The van der Waals surface area contributed by atoms with Crippen LogP contribution in [0.1, 0.15) is 77.1 Å². The minimum atomic E-state index is -1.44. The third-order valence-electron chi connectivity index (χ3n) is 5.12. The van der Waals surface area contributed by atoms with E-state index < -0.39 is 40.8 Å². The minimum Gasteiger partial charge on any atom is -0.464 e. The number of ether oxygens (including phenoxy) is 3. The van der Waals surface area contributed by atoms with Crippen molar-refractivity contribution in [3.05, 3.63) is 51.5 Å². The Hall–Kier alpha value is -2.72. The van der Waals surface area contributed by atoms with Crippen LogP contribution in [-0.4, -0.2) is 47.3 Å². The number of carbonyl (C=O) groups excluding carboxylic acids is 3. The molecule has 204 valence electrons. The van der Waals surface area contributed by atoms with Gasteiger partial charge in [-0.05, 0) is 74.8 Å². The van der Waals surface area contributed by atoms with Crippen molar-refractivity contribution in [2.45, 2.75) is 79.0 Å². The Kier molecular flexibility index (Phi) is 10.1. The van der Waals surface area contributed by atoms with E-state index in [1.165, 1.54) is 12.1 Å². The summed E-state index contributed by atoms with van der Waals surface area (Å²) in [5.41, 5.74) is 0.651. The smallest absolute Gasteiger partial charge is 0.341 e. The summed E-state index contributed by atoms with van der Waals surface area (Å²) >= 11 is 3.59. The molecule has 0 aliphatic heterocycles. The van der Waals surface area contributed by atoms with Crippen LogP contribution >= 0.6 is 15.9 Å². The highest BCUT2D eigenvalue weighted by molar-refractivity contribution is 9.10. The molecule has 1 N–H and O–H groups in total. The van der Waals surface area contributed by atoms with Gasteiger partial charge in [0.1, 0.15) is 11.4 Å². The third kappa shape index (κ3) is 7.64. The Balaban J connectivity index is 2.72. The first kappa shape index (κ1) is 30.5. The Morgan fingerprint density at radius 2 is 1.54 bits per heavy atom. The molecule has 0 fully saturated rings. The second kappa shape index (κ2) is 12.2. The molecule has 1 aromatic heterocycles. The molecule has 8 nitrogen and oxygen atoms in total. The molecular formula is C27H36BrFN2O6. The van der Waals surface area contributed by atoms with Crippen molar-refractivity contribution in [1.82, 2.24) is 9.88 Å². The average molecular weight is 583 g/mol. The van der Waals surface area contributed by atoms with Crippen LogP contribution in [0.2, 0.25) is 0 Å². The molecule has 37 heavy (non-hydrogen) atoms. The molecule has 0 aliphatic carbocycles. The predicted octanol–water partition coefficient (Wildman–Crippen LogP) is 5.22. The lowest BCUT2D eigenvalue weighted by molar-refractivity contribution is -0.165. The van der Waals surface area contributed by atoms with Gasteiger partial charge >= 0.3 is 17.9 Å². The Morgan fingerprint density at radius 1 is 0.973 bits per heavy atom. The lowest BCUT2D eigenvalue weighted by Crippen LogP contribution is -2.47.